The van der Waals surface area contributed by atoms with Gasteiger partial charge in [0.25, 0.3) is 0 Å². The fourth-order valence-corrected chi connectivity index (χ4v) is 4.51. The topological polar surface area (TPSA) is 119 Å². The van der Waals surface area contributed by atoms with Crippen LogP contribution in [0.25, 0.3) is 11.0 Å². The molecule has 1 aliphatic heterocycles. The number of halogens is 1. The molecule has 4 rings (SSSR count). The predicted molar refractivity (Wildman–Crippen MR) is 140 cm³/mol. The van der Waals surface area contributed by atoms with Crippen molar-refractivity contribution in [1.29, 1.82) is 5.26 Å². The molecule has 0 saturated carbocycles. The average Bonchev–Trinajstić information content (AvgIpc) is 3.10. The van der Waals surface area contributed by atoms with Gasteiger partial charge in [-0.15, -0.1) is 0 Å². The molecular weight excluding hydrogens is 482 g/mol. The number of aromatic nitrogens is 3. The highest BCUT2D eigenvalue weighted by molar-refractivity contribution is 6.31. The molecule has 0 amide bonds. The van der Waals surface area contributed by atoms with Gasteiger partial charge in [0.15, 0.2) is 0 Å². The summed E-state index contributed by atoms with van der Waals surface area (Å²) in [6.45, 7) is 4.50. The maximum absolute atomic E-state index is 13.1. The number of pyridine rings is 1. The molecule has 10 nitrogen and oxygen atoms in total. The number of fused-ring (bicyclic) bond motifs is 1. The number of aryl methyl sites for hydroxylation is 2. The molecule has 0 saturated heterocycles. The number of methoxy groups -OCH3 is 2. The van der Waals surface area contributed by atoms with E-state index in [4.69, 9.17) is 31.1 Å². The van der Waals surface area contributed by atoms with Crippen LogP contribution >= 0.6 is 11.6 Å². The van der Waals surface area contributed by atoms with Gasteiger partial charge in [0.05, 0.1) is 30.9 Å². The third-order valence-corrected chi connectivity index (χ3v) is 6.49. The number of imidazole rings is 1. The van der Waals surface area contributed by atoms with Gasteiger partial charge in [-0.1, -0.05) is 25.4 Å². The summed E-state index contributed by atoms with van der Waals surface area (Å²) in [5.74, 6) is 1.30. The number of ether oxygens (including phenoxy) is 2. The number of benzene rings is 1. The average molecular weight is 510 g/mol. The summed E-state index contributed by atoms with van der Waals surface area (Å²) < 4.78 is 14.4. The van der Waals surface area contributed by atoms with Crippen LogP contribution in [0.3, 0.4) is 0 Å². The Hall–Kier alpha value is -3.84. The van der Waals surface area contributed by atoms with E-state index in [-0.39, 0.29) is 34.4 Å². The maximum atomic E-state index is 13.1. The zero-order chi connectivity index (χ0) is 26.0. The summed E-state index contributed by atoms with van der Waals surface area (Å²) in [4.78, 5) is 26.5. The van der Waals surface area contributed by atoms with Crippen molar-refractivity contribution in [2.24, 2.45) is 23.0 Å². The van der Waals surface area contributed by atoms with Crippen molar-refractivity contribution in [2.45, 2.75) is 38.9 Å². The molecule has 0 spiro atoms. The van der Waals surface area contributed by atoms with Gasteiger partial charge in [0.2, 0.25) is 11.8 Å². The number of nitrogens with zero attached hydrogens (tertiary/aromatic N) is 6. The first-order valence-electron chi connectivity index (χ1n) is 11.5. The van der Waals surface area contributed by atoms with E-state index in [1.165, 1.54) is 6.20 Å². The van der Waals surface area contributed by atoms with Gasteiger partial charge in [-0.25, -0.2) is 19.8 Å². The highest BCUT2D eigenvalue weighted by atomic mass is 35.5. The van der Waals surface area contributed by atoms with Crippen LogP contribution in [0, 0.1) is 17.2 Å². The largest absolute Gasteiger partial charge is 0.483 e. The van der Waals surface area contributed by atoms with Crippen LogP contribution in [0.1, 0.15) is 25.8 Å². The lowest BCUT2D eigenvalue weighted by Gasteiger charge is -2.27. The number of nitrogens with one attached hydrogen (secondary N) is 1. The van der Waals surface area contributed by atoms with Gasteiger partial charge in [-0.3, -0.25) is 9.13 Å². The van der Waals surface area contributed by atoms with Crippen LogP contribution in [0.2, 0.25) is 5.15 Å². The molecule has 1 aliphatic rings. The summed E-state index contributed by atoms with van der Waals surface area (Å²) >= 11 is 6.06. The Morgan fingerprint density at radius 3 is 2.58 bits per heavy atom. The van der Waals surface area contributed by atoms with Gasteiger partial charge in [0, 0.05) is 25.5 Å². The van der Waals surface area contributed by atoms with Crippen LogP contribution < -0.4 is 11.0 Å². The number of anilines is 2. The minimum atomic E-state index is -0.361. The van der Waals surface area contributed by atoms with E-state index in [9.17, 15) is 10.1 Å². The first-order valence-corrected chi connectivity index (χ1v) is 11.9. The number of hydrogen-bond acceptors (Lipinski definition) is 8. The molecule has 1 aromatic carbocycles. The monoisotopic (exact) mass is 509 g/mol. The molecule has 188 valence electrons. The fourth-order valence-electron chi connectivity index (χ4n) is 4.31. The van der Waals surface area contributed by atoms with E-state index in [0.717, 1.165) is 11.0 Å². The molecule has 2 aromatic heterocycles. The summed E-state index contributed by atoms with van der Waals surface area (Å²) in [7, 11) is 4.91. The summed E-state index contributed by atoms with van der Waals surface area (Å²) in [5, 5.41) is 12.8. The number of aliphatic imine (C=N–C) groups is 2. The lowest BCUT2D eigenvalue weighted by Crippen LogP contribution is -2.38. The maximum Gasteiger partial charge on any atom is 0.328 e. The van der Waals surface area contributed by atoms with Gasteiger partial charge < -0.3 is 14.8 Å². The molecule has 3 aromatic rings. The first kappa shape index (κ1) is 25.3. The van der Waals surface area contributed by atoms with Crippen molar-refractivity contribution >= 4 is 45.8 Å². The van der Waals surface area contributed by atoms with Gasteiger partial charge in [-0.2, -0.15) is 5.26 Å². The highest BCUT2D eigenvalue weighted by Gasteiger charge is 2.31. The minimum absolute atomic E-state index is 0.124. The van der Waals surface area contributed by atoms with Crippen LogP contribution in [0.4, 0.5) is 11.4 Å². The van der Waals surface area contributed by atoms with Crippen molar-refractivity contribution in [1.82, 2.24) is 14.1 Å². The van der Waals surface area contributed by atoms with Gasteiger partial charge in [-0.05, 0) is 36.6 Å². The molecule has 2 atom stereocenters. The number of hydrogen-bond donors (Lipinski definition) is 1. The van der Waals surface area contributed by atoms with E-state index < -0.39 is 0 Å². The lowest BCUT2D eigenvalue weighted by molar-refractivity contribution is 0.328. The Morgan fingerprint density at radius 1 is 1.17 bits per heavy atom. The third-order valence-electron chi connectivity index (χ3n) is 6.20. The van der Waals surface area contributed by atoms with E-state index in [1.54, 1.807) is 36.5 Å². The minimum Gasteiger partial charge on any atom is -0.483 e. The second-order valence-electron chi connectivity index (χ2n) is 8.79. The van der Waals surface area contributed by atoms with Crippen molar-refractivity contribution in [3.63, 3.8) is 0 Å². The predicted octanol–water partition coefficient (Wildman–Crippen LogP) is 3.89. The van der Waals surface area contributed by atoms with Gasteiger partial charge in [0.1, 0.15) is 28.9 Å². The van der Waals surface area contributed by atoms with Crippen LogP contribution in [0.5, 0.6) is 0 Å². The van der Waals surface area contributed by atoms with Crippen molar-refractivity contribution in [3.05, 3.63) is 51.7 Å². The Labute approximate surface area is 213 Å². The smallest absolute Gasteiger partial charge is 0.328 e. The number of rotatable bonds is 6. The summed E-state index contributed by atoms with van der Waals surface area (Å²) in [6, 6.07) is 8.77. The third kappa shape index (κ3) is 4.66. The van der Waals surface area contributed by atoms with E-state index in [1.807, 2.05) is 18.2 Å². The quantitative estimate of drug-likeness (QED) is 0.503. The second kappa shape index (κ2) is 10.4. The molecule has 0 unspecified atom stereocenters. The molecule has 0 fully saturated rings. The molecule has 3 heterocycles. The zero-order valence-electron chi connectivity index (χ0n) is 20.8. The van der Waals surface area contributed by atoms with E-state index in [0.29, 0.717) is 36.1 Å². The molecule has 1 N–H and O–H groups in total. The Balaban J connectivity index is 1.65. The molecule has 0 aliphatic carbocycles. The molecule has 0 bridgehead atoms. The normalized spacial score (nSPS) is 17.5. The van der Waals surface area contributed by atoms with Crippen LogP contribution in [-0.2, 0) is 23.1 Å². The number of nitriles is 1. The zero-order valence-corrected chi connectivity index (χ0v) is 21.6. The Bertz CT molecular complexity index is 1450. The Morgan fingerprint density at radius 2 is 1.92 bits per heavy atom. The molecule has 0 radical (unpaired) electrons. The standard InChI is InChI=1S/C25H28ClN7O3/c1-14(2)21-24(36-5)30-18(23(31-21)35-4)9-11-33-20-12-15(6-7-19(20)32(3)25(33)34)29-17-8-10-28-22(26)16(17)13-27/h6-8,10,12,14,18,21H,9,11H2,1-5H3,(H,28,29)/t18-,21-/m0/s1. The van der Waals surface area contributed by atoms with Crippen molar-refractivity contribution < 1.29 is 9.47 Å². The highest BCUT2D eigenvalue weighted by Crippen LogP contribution is 2.27. The molecule has 11 heteroatoms. The second-order valence-corrected chi connectivity index (χ2v) is 9.15. The Kier molecular flexibility index (Phi) is 7.31. The summed E-state index contributed by atoms with van der Waals surface area (Å²) in [5.41, 5.74) is 2.87. The first-order chi connectivity index (χ1) is 17.3. The lowest BCUT2D eigenvalue weighted by atomic mass is 10.0. The van der Waals surface area contributed by atoms with E-state index >= 15 is 0 Å². The molecular formula is C25H28ClN7O3. The fraction of sp³-hybridized carbons (Fsp3) is 0.400. The van der Waals surface area contributed by atoms with Gasteiger partial charge >= 0.3 is 5.69 Å². The van der Waals surface area contributed by atoms with Crippen LogP contribution in [-0.4, -0.2) is 52.2 Å². The van der Waals surface area contributed by atoms with Crippen LogP contribution in [0.15, 0.2) is 45.2 Å². The van der Waals surface area contributed by atoms with Crippen molar-refractivity contribution in [3.8, 4) is 6.07 Å². The van der Waals surface area contributed by atoms with E-state index in [2.05, 4.69) is 30.2 Å². The van der Waals surface area contributed by atoms with Crippen molar-refractivity contribution in [2.75, 3.05) is 19.5 Å². The SMILES string of the molecule is COC1=N[C@@H](C(C)C)C(OC)=N[C@H]1CCn1c(=O)n(C)c2ccc(Nc3ccnc(Cl)c3C#N)cc21. The molecule has 36 heavy (non-hydrogen) atoms. The summed E-state index contributed by atoms with van der Waals surface area (Å²) in [6.07, 6.45) is 2.03.